The van der Waals surface area contributed by atoms with Crippen LogP contribution in [-0.4, -0.2) is 48.6 Å². The molecular weight excluding hydrogens is 363 g/mol. The van der Waals surface area contributed by atoms with Crippen molar-refractivity contribution in [3.63, 3.8) is 0 Å². The number of halogens is 3. The normalized spacial score (nSPS) is 17.5. The molecule has 26 heavy (non-hydrogen) atoms. The number of aromatic nitrogens is 1. The minimum absolute atomic E-state index is 0.139. The van der Waals surface area contributed by atoms with Gasteiger partial charge < -0.3 is 15.5 Å². The molecule has 0 bridgehead atoms. The van der Waals surface area contributed by atoms with Gasteiger partial charge >= 0.3 is 6.18 Å². The van der Waals surface area contributed by atoms with Gasteiger partial charge in [-0.1, -0.05) is 6.92 Å². The van der Waals surface area contributed by atoms with Crippen molar-refractivity contribution in [2.24, 2.45) is 10.9 Å². The van der Waals surface area contributed by atoms with Gasteiger partial charge in [0.25, 0.3) is 0 Å². The Morgan fingerprint density at radius 1 is 1.35 bits per heavy atom. The molecule has 1 aromatic heterocycles. The van der Waals surface area contributed by atoms with E-state index in [2.05, 4.69) is 32.4 Å². The van der Waals surface area contributed by atoms with E-state index in [1.165, 1.54) is 25.9 Å². The number of alkyl halides is 3. The summed E-state index contributed by atoms with van der Waals surface area (Å²) >= 11 is 0.983. The summed E-state index contributed by atoms with van der Waals surface area (Å²) in [7, 11) is 0. The predicted octanol–water partition coefficient (Wildman–Crippen LogP) is 3.34. The van der Waals surface area contributed by atoms with Crippen LogP contribution in [0.25, 0.3) is 0 Å². The lowest BCUT2D eigenvalue weighted by Crippen LogP contribution is -2.39. The van der Waals surface area contributed by atoms with Crippen LogP contribution in [0.2, 0.25) is 0 Å². The van der Waals surface area contributed by atoms with E-state index in [1.54, 1.807) is 0 Å². The average molecular weight is 392 g/mol. The molecule has 1 saturated heterocycles. The Morgan fingerprint density at radius 3 is 2.69 bits per heavy atom. The summed E-state index contributed by atoms with van der Waals surface area (Å²) < 4.78 is 37.7. The van der Waals surface area contributed by atoms with Gasteiger partial charge in [0.1, 0.15) is 5.01 Å². The lowest BCUT2D eigenvalue weighted by atomic mass is 9.99. The number of nitrogens with one attached hydrogen (secondary N) is 2. The summed E-state index contributed by atoms with van der Waals surface area (Å²) in [5, 5.41) is 7.75. The molecule has 1 aromatic rings. The molecule has 0 amide bonds. The molecule has 148 valence electrons. The van der Waals surface area contributed by atoms with Crippen LogP contribution < -0.4 is 10.6 Å². The lowest BCUT2D eigenvalue weighted by molar-refractivity contribution is -0.140. The molecule has 1 aliphatic rings. The number of hydrogen-bond donors (Lipinski definition) is 2. The Kier molecular flexibility index (Phi) is 8.15. The smallest absolute Gasteiger partial charge is 0.357 e. The molecule has 0 aromatic carbocycles. The molecule has 0 radical (unpaired) electrons. The van der Waals surface area contributed by atoms with Crippen LogP contribution in [0.15, 0.2) is 10.4 Å². The van der Waals surface area contributed by atoms with E-state index >= 15 is 0 Å². The molecule has 0 aliphatic carbocycles. The topological polar surface area (TPSA) is 52.6 Å². The summed E-state index contributed by atoms with van der Waals surface area (Å²) in [6.07, 6.45) is -0.849. The number of guanidine groups is 1. The third kappa shape index (κ3) is 7.11. The van der Waals surface area contributed by atoms with Crippen molar-refractivity contribution in [2.45, 2.75) is 45.8 Å². The third-order valence-electron chi connectivity index (χ3n) is 4.38. The molecule has 0 saturated carbocycles. The Hall–Kier alpha value is -1.35. The molecule has 2 rings (SSSR count). The minimum Gasteiger partial charge on any atom is -0.357 e. The summed E-state index contributed by atoms with van der Waals surface area (Å²) in [5.74, 6) is 1.45. The Labute approximate surface area is 157 Å². The van der Waals surface area contributed by atoms with E-state index in [4.69, 9.17) is 0 Å². The van der Waals surface area contributed by atoms with Crippen LogP contribution in [0, 0.1) is 5.92 Å². The van der Waals surface area contributed by atoms with E-state index in [0.717, 1.165) is 42.1 Å². The highest BCUT2D eigenvalue weighted by atomic mass is 32.1. The molecule has 2 N–H and O–H groups in total. The fourth-order valence-corrected chi connectivity index (χ4v) is 3.52. The summed E-state index contributed by atoms with van der Waals surface area (Å²) in [6, 6.07) is 0. The summed E-state index contributed by atoms with van der Waals surface area (Å²) in [5.41, 5.74) is -0.846. The highest BCUT2D eigenvalue weighted by Gasteiger charge is 2.33. The van der Waals surface area contributed by atoms with Crippen molar-refractivity contribution in [1.29, 1.82) is 0 Å². The van der Waals surface area contributed by atoms with Crippen molar-refractivity contribution in [2.75, 3.05) is 32.7 Å². The summed E-state index contributed by atoms with van der Waals surface area (Å²) in [6.45, 7) is 9.27. The zero-order valence-electron chi connectivity index (χ0n) is 15.4. The molecule has 5 nitrogen and oxygen atoms in total. The predicted molar refractivity (Wildman–Crippen MR) is 99.4 cm³/mol. The molecule has 0 spiro atoms. The van der Waals surface area contributed by atoms with Crippen LogP contribution in [0.5, 0.6) is 0 Å². The fraction of sp³-hybridized carbons (Fsp3) is 0.765. The maximum Gasteiger partial charge on any atom is 0.434 e. The number of thiazole rings is 1. The fourth-order valence-electron chi connectivity index (χ4n) is 2.80. The second kappa shape index (κ2) is 10.1. The van der Waals surface area contributed by atoms with E-state index in [1.807, 2.05) is 6.92 Å². The first-order valence-corrected chi connectivity index (χ1v) is 10.0. The highest BCUT2D eigenvalue weighted by molar-refractivity contribution is 7.09. The van der Waals surface area contributed by atoms with Crippen molar-refractivity contribution in [3.05, 3.63) is 16.1 Å². The molecular formula is C17H28F3N5S. The van der Waals surface area contributed by atoms with Gasteiger partial charge in [-0.15, -0.1) is 11.3 Å². The standard InChI is InChI=1S/C17H28F3N5S/c1-3-21-16(22-7-4-8-25-9-5-13(2)6-10-25)23-11-15-24-14(12-26-15)17(18,19)20/h12-13H,3-11H2,1-2H3,(H2,21,22,23). The second-order valence-electron chi connectivity index (χ2n) is 6.62. The van der Waals surface area contributed by atoms with Gasteiger partial charge in [0.15, 0.2) is 11.7 Å². The van der Waals surface area contributed by atoms with E-state index in [0.29, 0.717) is 17.5 Å². The van der Waals surface area contributed by atoms with Gasteiger partial charge in [-0.2, -0.15) is 13.2 Å². The number of likely N-dealkylation sites (tertiary alicyclic amines) is 1. The van der Waals surface area contributed by atoms with Crippen LogP contribution >= 0.6 is 11.3 Å². The monoisotopic (exact) mass is 391 g/mol. The molecule has 1 aliphatic heterocycles. The molecule has 0 atom stereocenters. The first-order chi connectivity index (χ1) is 12.4. The van der Waals surface area contributed by atoms with E-state index in [-0.39, 0.29) is 6.54 Å². The number of piperidine rings is 1. The highest BCUT2D eigenvalue weighted by Crippen LogP contribution is 2.30. The number of aliphatic imine (C=N–C) groups is 1. The zero-order valence-corrected chi connectivity index (χ0v) is 16.2. The largest absolute Gasteiger partial charge is 0.434 e. The van der Waals surface area contributed by atoms with Crippen LogP contribution in [0.4, 0.5) is 13.2 Å². The van der Waals surface area contributed by atoms with Crippen molar-refractivity contribution in [1.82, 2.24) is 20.5 Å². The molecule has 2 heterocycles. The van der Waals surface area contributed by atoms with Crippen molar-refractivity contribution in [3.8, 4) is 0 Å². The van der Waals surface area contributed by atoms with E-state index < -0.39 is 11.9 Å². The number of hydrogen-bond acceptors (Lipinski definition) is 4. The van der Waals surface area contributed by atoms with Gasteiger partial charge in [0.05, 0.1) is 6.54 Å². The van der Waals surface area contributed by atoms with Crippen molar-refractivity contribution >= 4 is 17.3 Å². The number of rotatable bonds is 7. The molecule has 1 fully saturated rings. The van der Waals surface area contributed by atoms with E-state index in [9.17, 15) is 13.2 Å². The van der Waals surface area contributed by atoms with Gasteiger partial charge in [0, 0.05) is 18.5 Å². The van der Waals surface area contributed by atoms with Gasteiger partial charge in [-0.3, -0.25) is 0 Å². The Bertz CT molecular complexity index is 565. The quantitative estimate of drug-likeness (QED) is 0.425. The van der Waals surface area contributed by atoms with Crippen LogP contribution in [0.3, 0.4) is 0 Å². The first-order valence-electron chi connectivity index (χ1n) is 9.14. The first kappa shape index (κ1) is 21.0. The second-order valence-corrected chi connectivity index (χ2v) is 7.57. The maximum atomic E-state index is 12.6. The lowest BCUT2D eigenvalue weighted by Gasteiger charge is -2.30. The van der Waals surface area contributed by atoms with Crippen LogP contribution in [0.1, 0.15) is 43.8 Å². The van der Waals surface area contributed by atoms with Crippen LogP contribution in [-0.2, 0) is 12.7 Å². The zero-order chi connectivity index (χ0) is 19.0. The van der Waals surface area contributed by atoms with Crippen molar-refractivity contribution < 1.29 is 13.2 Å². The van der Waals surface area contributed by atoms with Gasteiger partial charge in [0.2, 0.25) is 0 Å². The Morgan fingerprint density at radius 2 is 2.08 bits per heavy atom. The average Bonchev–Trinajstić information content (AvgIpc) is 3.07. The SMILES string of the molecule is CCNC(=NCc1nc(C(F)(F)F)cs1)NCCCN1CCC(C)CC1. The number of nitrogens with zero attached hydrogens (tertiary/aromatic N) is 3. The maximum absolute atomic E-state index is 12.6. The van der Waals surface area contributed by atoms with Gasteiger partial charge in [-0.05, 0) is 51.7 Å². The van der Waals surface area contributed by atoms with Gasteiger partial charge in [-0.25, -0.2) is 9.98 Å². The Balaban J connectivity index is 1.74. The molecule has 9 heteroatoms. The summed E-state index contributed by atoms with van der Waals surface area (Å²) in [4.78, 5) is 10.4. The molecule has 0 unspecified atom stereocenters. The minimum atomic E-state index is -4.40. The third-order valence-corrected chi connectivity index (χ3v) is 5.21.